The van der Waals surface area contributed by atoms with Gasteiger partial charge in [-0.25, -0.2) is 0 Å². The van der Waals surface area contributed by atoms with Gasteiger partial charge in [-0.2, -0.15) is 0 Å². The van der Waals surface area contributed by atoms with Gasteiger partial charge < -0.3 is 15.3 Å². The number of aromatic nitrogens is 2. The minimum atomic E-state index is -0.466. The van der Waals surface area contributed by atoms with E-state index in [0.29, 0.717) is 17.8 Å². The minimum Gasteiger partial charge on any atom is -0.364 e. The van der Waals surface area contributed by atoms with Crippen molar-refractivity contribution in [2.24, 2.45) is 5.73 Å². The predicted octanol–water partition coefficient (Wildman–Crippen LogP) is 4.06. The summed E-state index contributed by atoms with van der Waals surface area (Å²) in [6, 6.07) is 21.7. The van der Waals surface area contributed by atoms with Crippen LogP contribution < -0.4 is 11.3 Å². The van der Waals surface area contributed by atoms with Crippen LogP contribution in [0.15, 0.2) is 71.5 Å². The number of carbonyl (C=O) groups excluding carboxylic acids is 1. The number of H-pyrrole nitrogens is 1. The fourth-order valence-corrected chi connectivity index (χ4v) is 4.54. The number of hydrogen-bond donors (Lipinski definition) is 2. The number of carbonyl (C=O) groups is 1. The van der Waals surface area contributed by atoms with Crippen molar-refractivity contribution >= 4 is 5.91 Å². The topological polar surface area (TPSA) is 80.9 Å². The maximum atomic E-state index is 13.0. The van der Waals surface area contributed by atoms with Crippen molar-refractivity contribution in [2.75, 3.05) is 0 Å². The van der Waals surface area contributed by atoms with Crippen molar-refractivity contribution in [3.05, 3.63) is 105 Å². The summed E-state index contributed by atoms with van der Waals surface area (Å²) in [5.41, 5.74) is 13.6. The van der Waals surface area contributed by atoms with Gasteiger partial charge in [0.05, 0.1) is 11.4 Å². The molecule has 4 aromatic rings. The highest BCUT2D eigenvalue weighted by Crippen LogP contribution is 2.35. The average molecular weight is 409 g/mol. The molecule has 0 bridgehead atoms. The molecule has 0 saturated heterocycles. The van der Waals surface area contributed by atoms with E-state index >= 15 is 0 Å². The molecule has 154 valence electrons. The van der Waals surface area contributed by atoms with Gasteiger partial charge in [0.1, 0.15) is 5.69 Å². The fourth-order valence-electron chi connectivity index (χ4n) is 4.54. The van der Waals surface area contributed by atoms with E-state index in [1.165, 1.54) is 0 Å². The summed E-state index contributed by atoms with van der Waals surface area (Å²) in [6.45, 7) is 2.55. The van der Waals surface area contributed by atoms with Crippen molar-refractivity contribution in [1.29, 1.82) is 0 Å². The van der Waals surface area contributed by atoms with Gasteiger partial charge in [0.15, 0.2) is 0 Å². The number of aromatic amines is 1. The first-order valence-electron chi connectivity index (χ1n) is 10.4. The summed E-state index contributed by atoms with van der Waals surface area (Å²) in [5.74, 6) is -0.466. The van der Waals surface area contributed by atoms with Crippen LogP contribution in [0.25, 0.3) is 22.5 Å². The molecule has 3 N–H and O–H groups in total. The Morgan fingerprint density at radius 1 is 1.00 bits per heavy atom. The number of hydrogen-bond acceptors (Lipinski definition) is 2. The van der Waals surface area contributed by atoms with Crippen LogP contribution in [-0.4, -0.2) is 15.5 Å². The molecule has 0 fully saturated rings. The molecule has 5 heteroatoms. The van der Waals surface area contributed by atoms with Crippen molar-refractivity contribution < 1.29 is 4.79 Å². The van der Waals surface area contributed by atoms with Crippen LogP contribution in [-0.2, 0) is 19.4 Å². The van der Waals surface area contributed by atoms with E-state index in [0.717, 1.165) is 52.0 Å². The maximum absolute atomic E-state index is 13.0. The predicted molar refractivity (Wildman–Crippen MR) is 122 cm³/mol. The van der Waals surface area contributed by atoms with Crippen LogP contribution in [0.4, 0.5) is 0 Å². The van der Waals surface area contributed by atoms with Crippen LogP contribution >= 0.6 is 0 Å². The van der Waals surface area contributed by atoms with Gasteiger partial charge in [0.25, 0.3) is 11.5 Å². The van der Waals surface area contributed by atoms with Gasteiger partial charge >= 0.3 is 0 Å². The highest BCUT2D eigenvalue weighted by molar-refractivity contribution is 5.93. The Hall–Kier alpha value is -3.86. The molecular formula is C26H23N3O2. The Balaban J connectivity index is 1.68. The Labute approximate surface area is 180 Å². The molecule has 0 spiro atoms. The lowest BCUT2D eigenvalue weighted by Gasteiger charge is -2.21. The van der Waals surface area contributed by atoms with Crippen LogP contribution in [0.1, 0.15) is 32.7 Å². The van der Waals surface area contributed by atoms with Gasteiger partial charge in [-0.05, 0) is 54.2 Å². The highest BCUT2D eigenvalue weighted by atomic mass is 16.1. The number of benzene rings is 2. The lowest BCUT2D eigenvalue weighted by atomic mass is 9.92. The zero-order chi connectivity index (χ0) is 21.5. The van der Waals surface area contributed by atoms with Crippen molar-refractivity contribution in [2.45, 2.75) is 26.3 Å². The summed E-state index contributed by atoms with van der Waals surface area (Å²) < 4.78 is 1.95. The molecule has 0 aliphatic heterocycles. The smallest absolute Gasteiger partial charge is 0.265 e. The van der Waals surface area contributed by atoms with Crippen LogP contribution in [0.2, 0.25) is 0 Å². The lowest BCUT2D eigenvalue weighted by Crippen LogP contribution is -2.20. The average Bonchev–Trinajstić information content (AvgIpc) is 3.13. The molecular weight excluding hydrogens is 386 g/mol. The summed E-state index contributed by atoms with van der Waals surface area (Å²) in [5, 5.41) is 0. The van der Waals surface area contributed by atoms with Crippen LogP contribution in [0.3, 0.4) is 0 Å². The zero-order valence-electron chi connectivity index (χ0n) is 17.3. The number of pyridine rings is 1. The van der Waals surface area contributed by atoms with Gasteiger partial charge in [-0.15, -0.1) is 0 Å². The number of amides is 1. The molecule has 0 unspecified atom stereocenters. The maximum Gasteiger partial charge on any atom is 0.265 e. The Morgan fingerprint density at radius 2 is 1.77 bits per heavy atom. The number of aryl methyl sites for hydroxylation is 3. The van der Waals surface area contributed by atoms with Crippen LogP contribution in [0, 0.1) is 6.92 Å². The minimum absolute atomic E-state index is 0.137. The molecule has 2 heterocycles. The van der Waals surface area contributed by atoms with Gasteiger partial charge in [-0.1, -0.05) is 60.2 Å². The second-order valence-electron chi connectivity index (χ2n) is 8.12. The standard InChI is InChI=1S/C26H23N3O2/c1-16-6-5-7-17(12-16)15-29-22(25(27)30)14-20-11-10-19-13-21(18-8-3-2-4-9-18)26(31)28-23(19)24(20)29/h2-9,12-14H,10-11,15H2,1H3,(H2,27,30)(H,28,31). The Kier molecular flexibility index (Phi) is 4.59. The monoisotopic (exact) mass is 409 g/mol. The van der Waals surface area contributed by atoms with Gasteiger partial charge in [-0.3, -0.25) is 9.59 Å². The molecule has 0 atom stereocenters. The van der Waals surface area contributed by atoms with E-state index in [9.17, 15) is 9.59 Å². The van der Waals surface area contributed by atoms with Gasteiger partial charge in [0.2, 0.25) is 0 Å². The molecule has 5 nitrogen and oxygen atoms in total. The molecule has 1 amide bonds. The second-order valence-corrected chi connectivity index (χ2v) is 8.12. The first-order chi connectivity index (χ1) is 15.0. The molecule has 0 saturated carbocycles. The molecule has 1 aliphatic rings. The number of fused-ring (bicyclic) bond motifs is 3. The van der Waals surface area contributed by atoms with E-state index in [1.807, 2.05) is 72.2 Å². The third-order valence-electron chi connectivity index (χ3n) is 5.96. The summed E-state index contributed by atoms with van der Waals surface area (Å²) in [6.07, 6.45) is 1.59. The molecule has 0 radical (unpaired) electrons. The van der Waals surface area contributed by atoms with Gasteiger partial charge in [0, 0.05) is 12.1 Å². The molecule has 2 aromatic heterocycles. The van der Waals surface area contributed by atoms with E-state index in [-0.39, 0.29) is 5.56 Å². The number of nitrogens with one attached hydrogen (secondary N) is 1. The zero-order valence-corrected chi connectivity index (χ0v) is 17.3. The summed E-state index contributed by atoms with van der Waals surface area (Å²) >= 11 is 0. The third-order valence-corrected chi connectivity index (χ3v) is 5.96. The summed E-state index contributed by atoms with van der Waals surface area (Å²) in [4.78, 5) is 28.4. The highest BCUT2D eigenvalue weighted by Gasteiger charge is 2.26. The number of primary amides is 1. The van der Waals surface area contributed by atoms with E-state index in [1.54, 1.807) is 0 Å². The quantitative estimate of drug-likeness (QED) is 0.533. The van der Waals surface area contributed by atoms with E-state index in [4.69, 9.17) is 5.73 Å². The molecule has 5 rings (SSSR count). The molecule has 2 aromatic carbocycles. The first-order valence-corrected chi connectivity index (χ1v) is 10.4. The van der Waals surface area contributed by atoms with Crippen molar-refractivity contribution in [1.82, 2.24) is 9.55 Å². The number of nitrogens with zero attached hydrogens (tertiary/aromatic N) is 1. The third kappa shape index (κ3) is 3.38. The van der Waals surface area contributed by atoms with E-state index < -0.39 is 5.91 Å². The SMILES string of the molecule is Cc1cccc(Cn2c(C(N)=O)cc3c2-c2[nH]c(=O)c(-c4ccccc4)cc2CC3)c1. The number of rotatable bonds is 4. The Morgan fingerprint density at radius 3 is 2.52 bits per heavy atom. The lowest BCUT2D eigenvalue weighted by molar-refractivity contribution is 0.0992. The largest absolute Gasteiger partial charge is 0.364 e. The second kappa shape index (κ2) is 7.43. The Bertz CT molecular complexity index is 1360. The van der Waals surface area contributed by atoms with Crippen molar-refractivity contribution in [3.8, 4) is 22.5 Å². The van der Waals surface area contributed by atoms with Crippen LogP contribution in [0.5, 0.6) is 0 Å². The summed E-state index contributed by atoms with van der Waals surface area (Å²) in [7, 11) is 0. The van der Waals surface area contributed by atoms with Crippen molar-refractivity contribution in [3.63, 3.8) is 0 Å². The fraction of sp³-hybridized carbons (Fsp3) is 0.154. The first kappa shape index (κ1) is 19.1. The molecule has 31 heavy (non-hydrogen) atoms. The molecule has 1 aliphatic carbocycles. The van der Waals surface area contributed by atoms with E-state index in [2.05, 4.69) is 11.1 Å². The normalized spacial score (nSPS) is 12.3. The number of nitrogens with two attached hydrogens (primary N) is 1.